The number of rotatable bonds is 6. The van der Waals surface area contributed by atoms with Crippen LogP contribution in [-0.4, -0.2) is 24.8 Å². The number of hydrogen-bond acceptors (Lipinski definition) is 3. The molecule has 0 radical (unpaired) electrons. The van der Waals surface area contributed by atoms with Crippen molar-refractivity contribution in [2.45, 2.75) is 47.1 Å². The van der Waals surface area contributed by atoms with Gasteiger partial charge in [-0.25, -0.2) is 9.18 Å². The molecule has 0 spiro atoms. The third-order valence-corrected chi connectivity index (χ3v) is 3.59. The second-order valence-corrected chi connectivity index (χ2v) is 7.23. The highest BCUT2D eigenvalue weighted by Gasteiger charge is 2.19. The van der Waals surface area contributed by atoms with Gasteiger partial charge >= 0.3 is 6.09 Å². The molecule has 130 valence electrons. The van der Waals surface area contributed by atoms with Crippen molar-refractivity contribution < 1.29 is 13.9 Å². The maximum Gasteiger partial charge on any atom is 0.407 e. The number of ether oxygens (including phenoxy) is 1. The summed E-state index contributed by atoms with van der Waals surface area (Å²) in [6.07, 6.45) is -0.412. The molecule has 1 aromatic carbocycles. The summed E-state index contributed by atoms with van der Waals surface area (Å²) in [6.45, 7) is 12.6. The van der Waals surface area contributed by atoms with Gasteiger partial charge in [0.1, 0.15) is 11.4 Å². The number of anilines is 1. The molecule has 0 saturated carbocycles. The van der Waals surface area contributed by atoms with Crippen molar-refractivity contribution in [3.63, 3.8) is 0 Å². The first kappa shape index (κ1) is 19.3. The van der Waals surface area contributed by atoms with Crippen molar-refractivity contribution in [2.75, 3.05) is 18.4 Å². The Morgan fingerprint density at radius 1 is 1.26 bits per heavy atom. The van der Waals surface area contributed by atoms with Gasteiger partial charge in [0, 0.05) is 18.8 Å². The van der Waals surface area contributed by atoms with Gasteiger partial charge in [0.05, 0.1) is 0 Å². The highest BCUT2D eigenvalue weighted by atomic mass is 19.1. The molecule has 0 bridgehead atoms. The van der Waals surface area contributed by atoms with Crippen molar-refractivity contribution >= 4 is 11.8 Å². The number of halogens is 1. The third-order valence-electron chi connectivity index (χ3n) is 3.59. The minimum atomic E-state index is -0.505. The molecule has 1 rings (SSSR count). The van der Waals surface area contributed by atoms with Crippen LogP contribution in [0.4, 0.5) is 14.9 Å². The van der Waals surface area contributed by atoms with Crippen LogP contribution in [0, 0.1) is 24.6 Å². The van der Waals surface area contributed by atoms with Crippen LogP contribution in [0.5, 0.6) is 0 Å². The lowest BCUT2D eigenvalue weighted by Gasteiger charge is -2.24. The van der Waals surface area contributed by atoms with Gasteiger partial charge in [0.15, 0.2) is 0 Å². The van der Waals surface area contributed by atoms with Gasteiger partial charge in [0.2, 0.25) is 0 Å². The number of hydrogen-bond donors (Lipinski definition) is 2. The quantitative estimate of drug-likeness (QED) is 0.818. The molecular formula is C18H29FN2O2. The summed E-state index contributed by atoms with van der Waals surface area (Å²) in [4.78, 5) is 11.7. The van der Waals surface area contributed by atoms with Crippen LogP contribution in [0.1, 0.15) is 40.2 Å². The second-order valence-electron chi connectivity index (χ2n) is 7.23. The molecule has 0 aliphatic heterocycles. The van der Waals surface area contributed by atoms with E-state index in [9.17, 15) is 9.18 Å². The van der Waals surface area contributed by atoms with Crippen LogP contribution >= 0.6 is 0 Å². The minimum absolute atomic E-state index is 0.215. The third kappa shape index (κ3) is 7.35. The molecule has 0 aliphatic rings. The van der Waals surface area contributed by atoms with Gasteiger partial charge in [0.25, 0.3) is 0 Å². The Labute approximate surface area is 138 Å². The Morgan fingerprint density at radius 2 is 1.91 bits per heavy atom. The molecule has 1 unspecified atom stereocenters. The Kier molecular flexibility index (Phi) is 6.85. The van der Waals surface area contributed by atoms with Crippen molar-refractivity contribution in [3.8, 4) is 0 Å². The van der Waals surface area contributed by atoms with E-state index < -0.39 is 11.7 Å². The summed E-state index contributed by atoms with van der Waals surface area (Å²) in [5, 5.41) is 6.04. The number of aryl methyl sites for hydroxylation is 1. The van der Waals surface area contributed by atoms with Crippen molar-refractivity contribution in [2.24, 2.45) is 11.8 Å². The predicted octanol–water partition coefficient (Wildman–Crippen LogP) is 4.34. The molecule has 4 nitrogen and oxygen atoms in total. The lowest BCUT2D eigenvalue weighted by Crippen LogP contribution is -2.38. The Bertz CT molecular complexity index is 524. The number of benzene rings is 1. The summed E-state index contributed by atoms with van der Waals surface area (Å²) in [6, 6.07) is 5.10. The van der Waals surface area contributed by atoms with E-state index in [0.29, 0.717) is 24.6 Å². The van der Waals surface area contributed by atoms with E-state index in [4.69, 9.17) is 4.74 Å². The van der Waals surface area contributed by atoms with E-state index in [1.54, 1.807) is 13.0 Å². The summed E-state index contributed by atoms with van der Waals surface area (Å²) in [5.74, 6) is 0.364. The first-order valence-corrected chi connectivity index (χ1v) is 8.05. The molecule has 0 aliphatic carbocycles. The summed E-state index contributed by atoms with van der Waals surface area (Å²) >= 11 is 0. The highest BCUT2D eigenvalue weighted by molar-refractivity contribution is 5.67. The van der Waals surface area contributed by atoms with E-state index in [0.717, 1.165) is 5.69 Å². The van der Waals surface area contributed by atoms with E-state index in [1.807, 2.05) is 26.8 Å². The molecule has 0 fully saturated rings. The van der Waals surface area contributed by atoms with Gasteiger partial charge < -0.3 is 15.4 Å². The average Bonchev–Trinajstić information content (AvgIpc) is 2.40. The highest BCUT2D eigenvalue weighted by Crippen LogP contribution is 2.16. The topological polar surface area (TPSA) is 50.4 Å². The lowest BCUT2D eigenvalue weighted by molar-refractivity contribution is 0.0516. The van der Waals surface area contributed by atoms with E-state index >= 15 is 0 Å². The van der Waals surface area contributed by atoms with E-state index in [2.05, 4.69) is 24.5 Å². The van der Waals surface area contributed by atoms with Crippen LogP contribution in [0.3, 0.4) is 0 Å². The zero-order valence-electron chi connectivity index (χ0n) is 15.0. The molecule has 0 saturated heterocycles. The Morgan fingerprint density at radius 3 is 2.43 bits per heavy atom. The molecule has 0 aromatic heterocycles. The fourth-order valence-corrected chi connectivity index (χ4v) is 2.02. The zero-order chi connectivity index (χ0) is 17.6. The van der Waals surface area contributed by atoms with Crippen LogP contribution < -0.4 is 10.6 Å². The summed E-state index contributed by atoms with van der Waals surface area (Å²) in [5.41, 5.74) is 0.869. The standard InChI is InChI=1S/C18H29FN2O2/c1-12(2)14(11-21-17(22)23-18(4,5)6)10-20-15-8-7-13(3)16(19)9-15/h7-9,12,14,20H,10-11H2,1-6H3,(H,21,22). The lowest BCUT2D eigenvalue weighted by atomic mass is 9.95. The first-order chi connectivity index (χ1) is 10.6. The molecular weight excluding hydrogens is 295 g/mol. The summed E-state index contributed by atoms with van der Waals surface area (Å²) in [7, 11) is 0. The number of amides is 1. The molecule has 1 amide bonds. The van der Waals surface area contributed by atoms with Crippen LogP contribution in [0.25, 0.3) is 0 Å². The van der Waals surface area contributed by atoms with E-state index in [1.165, 1.54) is 6.07 Å². The molecule has 5 heteroatoms. The van der Waals surface area contributed by atoms with Gasteiger partial charge in [-0.05, 0) is 57.2 Å². The summed E-state index contributed by atoms with van der Waals surface area (Å²) < 4.78 is 18.8. The molecule has 1 aromatic rings. The fourth-order valence-electron chi connectivity index (χ4n) is 2.02. The average molecular weight is 324 g/mol. The maximum absolute atomic E-state index is 13.6. The van der Waals surface area contributed by atoms with Crippen LogP contribution in [0.15, 0.2) is 18.2 Å². The zero-order valence-corrected chi connectivity index (χ0v) is 15.0. The smallest absolute Gasteiger partial charge is 0.407 e. The second kappa shape index (κ2) is 8.18. The monoisotopic (exact) mass is 324 g/mol. The largest absolute Gasteiger partial charge is 0.444 e. The van der Waals surface area contributed by atoms with Gasteiger partial charge in [-0.2, -0.15) is 0 Å². The van der Waals surface area contributed by atoms with Crippen molar-refractivity contribution in [1.82, 2.24) is 5.32 Å². The number of nitrogens with one attached hydrogen (secondary N) is 2. The number of carbonyl (C=O) groups is 1. The molecule has 0 heterocycles. The van der Waals surface area contributed by atoms with Crippen molar-refractivity contribution in [3.05, 3.63) is 29.6 Å². The first-order valence-electron chi connectivity index (χ1n) is 8.05. The Hall–Kier alpha value is -1.78. The number of alkyl carbamates (subject to hydrolysis) is 1. The SMILES string of the molecule is Cc1ccc(NCC(CNC(=O)OC(C)(C)C)C(C)C)cc1F. The molecule has 1 atom stereocenters. The molecule has 23 heavy (non-hydrogen) atoms. The Balaban J connectivity index is 2.52. The number of carbonyl (C=O) groups excluding carboxylic acids is 1. The molecule has 2 N–H and O–H groups in total. The van der Waals surface area contributed by atoms with Crippen molar-refractivity contribution in [1.29, 1.82) is 0 Å². The maximum atomic E-state index is 13.6. The fraction of sp³-hybridized carbons (Fsp3) is 0.611. The van der Waals surface area contributed by atoms with Crippen LogP contribution in [-0.2, 0) is 4.74 Å². The minimum Gasteiger partial charge on any atom is -0.444 e. The van der Waals surface area contributed by atoms with Crippen LogP contribution in [0.2, 0.25) is 0 Å². The van der Waals surface area contributed by atoms with Gasteiger partial charge in [-0.15, -0.1) is 0 Å². The van der Waals surface area contributed by atoms with Gasteiger partial charge in [-0.3, -0.25) is 0 Å². The van der Waals surface area contributed by atoms with E-state index in [-0.39, 0.29) is 11.7 Å². The normalized spacial score (nSPS) is 12.9. The predicted molar refractivity (Wildman–Crippen MR) is 92.2 cm³/mol. The van der Waals surface area contributed by atoms with Gasteiger partial charge in [-0.1, -0.05) is 19.9 Å².